The van der Waals surface area contributed by atoms with E-state index in [1.165, 1.54) is 38.8 Å². The van der Waals surface area contributed by atoms with E-state index >= 15 is 0 Å². The van der Waals surface area contributed by atoms with Crippen LogP contribution >= 0.6 is 23.1 Å². The maximum atomic E-state index is 14.2. The van der Waals surface area contributed by atoms with Crippen molar-refractivity contribution in [1.82, 2.24) is 30.4 Å². The molecule has 0 radical (unpaired) electrons. The van der Waals surface area contributed by atoms with Crippen LogP contribution in [-0.4, -0.2) is 59.6 Å². The molecule has 6 rings (SSSR count). The summed E-state index contributed by atoms with van der Waals surface area (Å²) in [5, 5.41) is 16.0. The van der Waals surface area contributed by atoms with E-state index in [2.05, 4.69) is 27.4 Å². The number of β-lactam (4-membered cyclic amide) rings is 1. The Bertz CT molecular complexity index is 1630. The summed E-state index contributed by atoms with van der Waals surface area (Å²) in [5.74, 6) is -0.855. The Labute approximate surface area is 250 Å². The Kier molecular flexibility index (Phi) is 7.48. The van der Waals surface area contributed by atoms with Crippen molar-refractivity contribution in [3.63, 3.8) is 0 Å². The number of thiophene rings is 1. The first-order valence-corrected chi connectivity index (χ1v) is 15.0. The minimum atomic E-state index is -1.38. The number of fused-ring (bicyclic) bond motifs is 1. The van der Waals surface area contributed by atoms with Crippen molar-refractivity contribution in [2.45, 2.75) is 23.4 Å². The fourth-order valence-electron chi connectivity index (χ4n) is 5.17. The van der Waals surface area contributed by atoms with Gasteiger partial charge in [-0.1, -0.05) is 72.8 Å². The van der Waals surface area contributed by atoms with Gasteiger partial charge in [0.25, 0.3) is 5.91 Å². The number of nitrogens with one attached hydrogen (secondary N) is 1. The number of carbonyl (C=O) groups excluding carboxylic acids is 3. The molecule has 2 aliphatic rings. The molecule has 12 heteroatoms. The summed E-state index contributed by atoms with van der Waals surface area (Å²) in [5.41, 5.74) is 0.676. The molecule has 1 unspecified atom stereocenters. The Morgan fingerprint density at radius 1 is 1.12 bits per heavy atom. The summed E-state index contributed by atoms with van der Waals surface area (Å²) in [4.78, 5) is 43.4. The van der Waals surface area contributed by atoms with Gasteiger partial charge in [-0.15, -0.1) is 34.8 Å². The van der Waals surface area contributed by atoms with E-state index < -0.39 is 28.9 Å². The van der Waals surface area contributed by atoms with Gasteiger partial charge in [-0.25, -0.2) is 9.48 Å². The third-order valence-electron chi connectivity index (χ3n) is 7.21. The van der Waals surface area contributed by atoms with E-state index in [0.717, 1.165) is 16.0 Å². The van der Waals surface area contributed by atoms with Crippen LogP contribution in [0.5, 0.6) is 0 Å². The summed E-state index contributed by atoms with van der Waals surface area (Å²) in [6.07, 6.45) is 0.851. The molecule has 2 aliphatic heterocycles. The number of aryl methyl sites for hydroxylation is 1. The standard InChI is InChI=1S/C30H26N6O4S2/c1-3-30(31-23(37)17-21-15-10-16-41-21)28(39)36-24(22(18-42-29(30)36)26-32-33-34-35(26)2)27(38)40-25(19-11-6-4-7-12-19)20-13-8-5-9-14-20/h3-16,25,29H,1,17-18H2,2H3,(H,31,37)/t29-,30?/m0/s1. The number of benzene rings is 2. The normalized spacial score (nSPS) is 19.7. The van der Waals surface area contributed by atoms with Crippen molar-refractivity contribution < 1.29 is 19.1 Å². The molecular weight excluding hydrogens is 573 g/mol. The van der Waals surface area contributed by atoms with Gasteiger partial charge in [-0.05, 0) is 33.0 Å². The number of carbonyl (C=O) groups is 3. The largest absolute Gasteiger partial charge is 0.448 e. The fraction of sp³-hybridized carbons (Fsp3) is 0.200. The Hall–Kier alpha value is -4.55. The molecule has 1 saturated heterocycles. The zero-order valence-electron chi connectivity index (χ0n) is 22.5. The maximum absolute atomic E-state index is 14.2. The molecule has 4 heterocycles. The van der Waals surface area contributed by atoms with Crippen LogP contribution in [-0.2, 0) is 32.6 Å². The lowest BCUT2D eigenvalue weighted by molar-refractivity contribution is -0.158. The average Bonchev–Trinajstić information content (AvgIpc) is 3.70. The first-order valence-electron chi connectivity index (χ1n) is 13.1. The molecule has 2 aromatic heterocycles. The fourth-order valence-corrected chi connectivity index (χ4v) is 7.34. The predicted molar refractivity (Wildman–Crippen MR) is 159 cm³/mol. The van der Waals surface area contributed by atoms with Gasteiger partial charge in [0.1, 0.15) is 11.1 Å². The van der Waals surface area contributed by atoms with Crippen LogP contribution in [0.3, 0.4) is 0 Å². The number of ether oxygens (including phenoxy) is 1. The van der Waals surface area contributed by atoms with Gasteiger partial charge in [0, 0.05) is 23.3 Å². The summed E-state index contributed by atoms with van der Waals surface area (Å²) in [7, 11) is 1.66. The molecule has 0 saturated carbocycles. The minimum absolute atomic E-state index is 0.0449. The van der Waals surface area contributed by atoms with E-state index in [9.17, 15) is 14.4 Å². The van der Waals surface area contributed by atoms with Crippen LogP contribution < -0.4 is 5.32 Å². The average molecular weight is 599 g/mol. The number of thioether (sulfide) groups is 1. The third kappa shape index (κ3) is 4.82. The molecule has 10 nitrogen and oxygen atoms in total. The zero-order chi connectivity index (χ0) is 29.3. The molecule has 2 atom stereocenters. The van der Waals surface area contributed by atoms with Crippen LogP contribution in [0.4, 0.5) is 0 Å². The Morgan fingerprint density at radius 2 is 1.81 bits per heavy atom. The second kappa shape index (κ2) is 11.4. The topological polar surface area (TPSA) is 119 Å². The second-order valence-corrected chi connectivity index (χ2v) is 11.9. The lowest BCUT2D eigenvalue weighted by atomic mass is 9.85. The Balaban J connectivity index is 1.36. The molecule has 42 heavy (non-hydrogen) atoms. The molecule has 0 aliphatic carbocycles. The highest BCUT2D eigenvalue weighted by atomic mass is 32.2. The van der Waals surface area contributed by atoms with Crippen LogP contribution in [0, 0.1) is 0 Å². The third-order valence-corrected chi connectivity index (χ3v) is 9.44. The first kappa shape index (κ1) is 27.6. The highest BCUT2D eigenvalue weighted by Gasteiger charge is 2.64. The number of amides is 2. The molecule has 0 bridgehead atoms. The van der Waals surface area contributed by atoms with Gasteiger partial charge in [0.15, 0.2) is 17.5 Å². The van der Waals surface area contributed by atoms with Crippen LogP contribution in [0.2, 0.25) is 0 Å². The summed E-state index contributed by atoms with van der Waals surface area (Å²) in [6, 6.07) is 22.5. The highest BCUT2D eigenvalue weighted by Crippen LogP contribution is 2.49. The lowest BCUT2D eigenvalue weighted by Crippen LogP contribution is -2.79. The van der Waals surface area contributed by atoms with Gasteiger partial charge >= 0.3 is 5.97 Å². The lowest BCUT2D eigenvalue weighted by Gasteiger charge is -2.56. The van der Waals surface area contributed by atoms with Crippen molar-refractivity contribution in [3.8, 4) is 0 Å². The maximum Gasteiger partial charge on any atom is 0.356 e. The van der Waals surface area contributed by atoms with Crippen molar-refractivity contribution in [2.75, 3.05) is 5.75 Å². The van der Waals surface area contributed by atoms with Gasteiger partial charge in [0.05, 0.1) is 6.42 Å². The molecule has 1 N–H and O–H groups in total. The van der Waals surface area contributed by atoms with E-state index in [1.54, 1.807) is 7.05 Å². The molecule has 4 aromatic rings. The minimum Gasteiger partial charge on any atom is -0.448 e. The summed E-state index contributed by atoms with van der Waals surface area (Å²) >= 11 is 2.86. The molecule has 212 valence electrons. The number of nitrogens with zero attached hydrogens (tertiary/aromatic N) is 5. The number of tetrazole rings is 1. The molecule has 2 aromatic carbocycles. The number of aromatic nitrogens is 4. The quantitative estimate of drug-likeness (QED) is 0.177. The van der Waals surface area contributed by atoms with Crippen molar-refractivity contribution in [2.24, 2.45) is 7.05 Å². The SMILES string of the molecule is C=CC1(NC(=O)Cc2cccs2)C(=O)N2C(C(=O)OC(c3ccccc3)c3ccccc3)=C(c3nnnn3C)CS[C@H]21. The van der Waals surface area contributed by atoms with Gasteiger partial charge in [-0.2, -0.15) is 0 Å². The van der Waals surface area contributed by atoms with Crippen molar-refractivity contribution >= 4 is 46.5 Å². The van der Waals surface area contributed by atoms with E-state index in [1.807, 2.05) is 78.2 Å². The zero-order valence-corrected chi connectivity index (χ0v) is 24.2. The summed E-state index contributed by atoms with van der Waals surface area (Å²) in [6.45, 7) is 3.89. The van der Waals surface area contributed by atoms with E-state index in [4.69, 9.17) is 4.74 Å². The second-order valence-electron chi connectivity index (χ2n) is 9.78. The van der Waals surface area contributed by atoms with Crippen LogP contribution in [0.1, 0.15) is 27.9 Å². The number of rotatable bonds is 9. The predicted octanol–water partition coefficient (Wildman–Crippen LogP) is 3.51. The smallest absolute Gasteiger partial charge is 0.356 e. The van der Waals surface area contributed by atoms with Gasteiger partial charge < -0.3 is 10.1 Å². The highest BCUT2D eigenvalue weighted by molar-refractivity contribution is 8.00. The Morgan fingerprint density at radius 3 is 2.38 bits per heavy atom. The molecular formula is C30H26N6O4S2. The molecule has 2 amide bonds. The number of hydrogen-bond acceptors (Lipinski definition) is 9. The van der Waals surface area contributed by atoms with E-state index in [-0.39, 0.29) is 18.0 Å². The first-order chi connectivity index (χ1) is 20.4. The number of hydrogen-bond donors (Lipinski definition) is 1. The monoisotopic (exact) mass is 598 g/mol. The van der Waals surface area contributed by atoms with Crippen molar-refractivity contribution in [3.05, 3.63) is 118 Å². The van der Waals surface area contributed by atoms with Gasteiger partial charge in [-0.3, -0.25) is 14.5 Å². The number of esters is 1. The van der Waals surface area contributed by atoms with Crippen LogP contribution in [0.15, 0.2) is 96.5 Å². The van der Waals surface area contributed by atoms with Crippen molar-refractivity contribution in [1.29, 1.82) is 0 Å². The molecule has 1 fully saturated rings. The summed E-state index contributed by atoms with van der Waals surface area (Å²) < 4.78 is 7.64. The van der Waals surface area contributed by atoms with Crippen LogP contribution in [0.25, 0.3) is 5.57 Å². The molecule has 0 spiro atoms. The van der Waals surface area contributed by atoms with E-state index in [0.29, 0.717) is 17.2 Å². The van der Waals surface area contributed by atoms with Gasteiger partial charge in [0.2, 0.25) is 5.91 Å².